The van der Waals surface area contributed by atoms with Crippen LogP contribution in [0.15, 0.2) is 24.3 Å². The number of rotatable bonds is 6. The molecule has 0 saturated heterocycles. The van der Waals surface area contributed by atoms with Gasteiger partial charge in [-0.2, -0.15) is 0 Å². The van der Waals surface area contributed by atoms with Crippen molar-refractivity contribution in [2.75, 3.05) is 31.7 Å². The summed E-state index contributed by atoms with van der Waals surface area (Å²) in [6, 6.07) is 7.86. The van der Waals surface area contributed by atoms with Crippen LogP contribution in [0.25, 0.3) is 0 Å². The largest absolute Gasteiger partial charge is 0.392 e. The zero-order valence-electron chi connectivity index (χ0n) is 9.44. The third kappa shape index (κ3) is 3.53. The first-order valence-electron chi connectivity index (χ1n) is 5.27. The van der Waals surface area contributed by atoms with Gasteiger partial charge in [-0.15, -0.1) is 0 Å². The average molecular weight is 209 g/mol. The predicted octanol–water partition coefficient (Wildman–Crippen LogP) is 1.65. The van der Waals surface area contributed by atoms with Crippen molar-refractivity contribution in [1.82, 2.24) is 0 Å². The van der Waals surface area contributed by atoms with Crippen LogP contribution in [0.3, 0.4) is 0 Å². The molecule has 0 saturated carbocycles. The Balaban J connectivity index is 2.59. The molecule has 0 heterocycles. The molecule has 1 aromatic rings. The highest BCUT2D eigenvalue weighted by molar-refractivity contribution is 5.52. The minimum atomic E-state index is 0.0785. The fourth-order valence-corrected chi connectivity index (χ4v) is 1.48. The molecule has 0 radical (unpaired) electrons. The van der Waals surface area contributed by atoms with Crippen LogP contribution in [0.5, 0.6) is 0 Å². The topological polar surface area (TPSA) is 32.7 Å². The summed E-state index contributed by atoms with van der Waals surface area (Å²) < 4.78 is 5.29. The lowest BCUT2D eigenvalue weighted by molar-refractivity contribution is 0.154. The van der Waals surface area contributed by atoms with Gasteiger partial charge in [-0.25, -0.2) is 0 Å². The number of benzene rings is 1. The Bertz CT molecular complexity index is 289. The highest BCUT2D eigenvalue weighted by atomic mass is 16.5. The van der Waals surface area contributed by atoms with E-state index in [0.717, 1.165) is 24.4 Å². The number of hydrogen-bond donors (Lipinski definition) is 1. The molecule has 0 aromatic heterocycles. The van der Waals surface area contributed by atoms with Gasteiger partial charge in [0.1, 0.15) is 0 Å². The van der Waals surface area contributed by atoms with E-state index in [2.05, 4.69) is 4.90 Å². The van der Waals surface area contributed by atoms with Gasteiger partial charge < -0.3 is 14.7 Å². The molecular formula is C12H19NO2. The van der Waals surface area contributed by atoms with Crippen molar-refractivity contribution in [2.24, 2.45) is 0 Å². The number of aliphatic hydroxyl groups excluding tert-OH is 1. The summed E-state index contributed by atoms with van der Waals surface area (Å²) in [5.74, 6) is 0. The van der Waals surface area contributed by atoms with E-state index in [1.807, 2.05) is 38.2 Å². The predicted molar refractivity (Wildman–Crippen MR) is 62.1 cm³/mol. The Labute approximate surface area is 91.3 Å². The molecule has 1 rings (SSSR count). The van der Waals surface area contributed by atoms with Crippen LogP contribution in [-0.2, 0) is 11.3 Å². The number of nitrogens with zero attached hydrogens (tertiary/aromatic N) is 1. The van der Waals surface area contributed by atoms with E-state index in [0.29, 0.717) is 6.61 Å². The molecule has 1 aromatic carbocycles. The summed E-state index contributed by atoms with van der Waals surface area (Å²) in [5.41, 5.74) is 2.02. The molecule has 3 heteroatoms. The number of anilines is 1. The Morgan fingerprint density at radius 3 is 2.73 bits per heavy atom. The van der Waals surface area contributed by atoms with E-state index in [1.54, 1.807) is 0 Å². The molecule has 84 valence electrons. The first-order valence-corrected chi connectivity index (χ1v) is 5.27. The SMILES string of the molecule is CCOCCN(C)c1ccccc1CO. The molecule has 0 aliphatic heterocycles. The van der Waals surface area contributed by atoms with Crippen LogP contribution in [0, 0.1) is 0 Å². The van der Waals surface area contributed by atoms with E-state index < -0.39 is 0 Å². The molecule has 1 N–H and O–H groups in total. The van der Waals surface area contributed by atoms with Gasteiger partial charge in [-0.05, 0) is 13.0 Å². The lowest BCUT2D eigenvalue weighted by Crippen LogP contribution is -2.23. The fraction of sp³-hybridized carbons (Fsp3) is 0.500. The van der Waals surface area contributed by atoms with E-state index in [1.165, 1.54) is 0 Å². The minimum absolute atomic E-state index is 0.0785. The quantitative estimate of drug-likeness (QED) is 0.723. The maximum atomic E-state index is 9.18. The van der Waals surface area contributed by atoms with Crippen molar-refractivity contribution in [1.29, 1.82) is 0 Å². The average Bonchev–Trinajstić information content (AvgIpc) is 2.29. The summed E-state index contributed by atoms with van der Waals surface area (Å²) in [5, 5.41) is 9.18. The second-order valence-corrected chi connectivity index (χ2v) is 3.41. The molecule has 15 heavy (non-hydrogen) atoms. The Morgan fingerprint density at radius 1 is 1.33 bits per heavy atom. The maximum Gasteiger partial charge on any atom is 0.0702 e. The minimum Gasteiger partial charge on any atom is -0.392 e. The lowest BCUT2D eigenvalue weighted by Gasteiger charge is -2.21. The molecule has 3 nitrogen and oxygen atoms in total. The van der Waals surface area contributed by atoms with Crippen LogP contribution < -0.4 is 4.90 Å². The molecule has 0 atom stereocenters. The summed E-state index contributed by atoms with van der Waals surface area (Å²) in [6.07, 6.45) is 0. The highest BCUT2D eigenvalue weighted by Gasteiger charge is 2.05. The van der Waals surface area contributed by atoms with Crippen LogP contribution >= 0.6 is 0 Å². The van der Waals surface area contributed by atoms with Gasteiger partial charge in [-0.1, -0.05) is 18.2 Å². The first-order chi connectivity index (χ1) is 7.29. The third-order valence-electron chi connectivity index (χ3n) is 2.35. The standard InChI is InChI=1S/C12H19NO2/c1-3-15-9-8-13(2)12-7-5-4-6-11(12)10-14/h4-7,14H,3,8-10H2,1-2H3. The van der Waals surface area contributed by atoms with Gasteiger partial charge in [-0.3, -0.25) is 0 Å². The van der Waals surface area contributed by atoms with Crippen molar-refractivity contribution in [2.45, 2.75) is 13.5 Å². The van der Waals surface area contributed by atoms with Crippen molar-refractivity contribution in [3.05, 3.63) is 29.8 Å². The molecule has 0 aliphatic rings. The fourth-order valence-electron chi connectivity index (χ4n) is 1.48. The van der Waals surface area contributed by atoms with Crippen LogP contribution in [0.4, 0.5) is 5.69 Å². The first kappa shape index (κ1) is 12.0. The Hall–Kier alpha value is -1.06. The molecule has 0 fully saturated rings. The molecule has 0 spiro atoms. The Kier molecular flexibility index (Phi) is 5.15. The normalized spacial score (nSPS) is 10.3. The van der Waals surface area contributed by atoms with Crippen molar-refractivity contribution < 1.29 is 9.84 Å². The molecular weight excluding hydrogens is 190 g/mol. The van der Waals surface area contributed by atoms with Crippen LogP contribution in [-0.4, -0.2) is 31.9 Å². The highest BCUT2D eigenvalue weighted by Crippen LogP contribution is 2.18. The summed E-state index contributed by atoms with van der Waals surface area (Å²) in [6.45, 7) is 4.37. The smallest absolute Gasteiger partial charge is 0.0702 e. The Morgan fingerprint density at radius 2 is 2.07 bits per heavy atom. The van der Waals surface area contributed by atoms with Gasteiger partial charge in [0.2, 0.25) is 0 Å². The van der Waals surface area contributed by atoms with Gasteiger partial charge in [0, 0.05) is 31.5 Å². The van der Waals surface area contributed by atoms with E-state index in [9.17, 15) is 5.11 Å². The second kappa shape index (κ2) is 6.43. The monoisotopic (exact) mass is 209 g/mol. The zero-order valence-corrected chi connectivity index (χ0v) is 9.44. The van der Waals surface area contributed by atoms with Gasteiger partial charge >= 0.3 is 0 Å². The molecule has 0 bridgehead atoms. The maximum absolute atomic E-state index is 9.18. The van der Waals surface area contributed by atoms with Gasteiger partial charge in [0.05, 0.1) is 13.2 Å². The molecule has 0 amide bonds. The van der Waals surface area contributed by atoms with E-state index in [4.69, 9.17) is 4.74 Å². The van der Waals surface area contributed by atoms with Crippen LogP contribution in [0.2, 0.25) is 0 Å². The number of aliphatic hydroxyl groups is 1. The van der Waals surface area contributed by atoms with Crippen LogP contribution in [0.1, 0.15) is 12.5 Å². The van der Waals surface area contributed by atoms with Gasteiger partial charge in [0.15, 0.2) is 0 Å². The van der Waals surface area contributed by atoms with Crippen molar-refractivity contribution in [3.8, 4) is 0 Å². The number of likely N-dealkylation sites (N-methyl/N-ethyl adjacent to an activating group) is 1. The number of ether oxygens (including phenoxy) is 1. The summed E-state index contributed by atoms with van der Waals surface area (Å²) >= 11 is 0. The molecule has 0 unspecified atom stereocenters. The van der Waals surface area contributed by atoms with Crippen molar-refractivity contribution in [3.63, 3.8) is 0 Å². The van der Waals surface area contributed by atoms with Crippen molar-refractivity contribution >= 4 is 5.69 Å². The second-order valence-electron chi connectivity index (χ2n) is 3.41. The number of para-hydroxylation sites is 1. The van der Waals surface area contributed by atoms with E-state index >= 15 is 0 Å². The molecule has 0 aliphatic carbocycles. The third-order valence-corrected chi connectivity index (χ3v) is 2.35. The summed E-state index contributed by atoms with van der Waals surface area (Å²) in [7, 11) is 2.01. The summed E-state index contributed by atoms with van der Waals surface area (Å²) in [4.78, 5) is 2.10. The number of hydrogen-bond acceptors (Lipinski definition) is 3. The lowest BCUT2D eigenvalue weighted by atomic mass is 10.2. The van der Waals surface area contributed by atoms with Gasteiger partial charge in [0.25, 0.3) is 0 Å². The van der Waals surface area contributed by atoms with E-state index in [-0.39, 0.29) is 6.61 Å². The zero-order chi connectivity index (χ0) is 11.1.